The van der Waals surface area contributed by atoms with Crippen LogP contribution in [0.15, 0.2) is 35.3 Å². The van der Waals surface area contributed by atoms with Crippen molar-refractivity contribution in [1.82, 2.24) is 4.90 Å². The van der Waals surface area contributed by atoms with Gasteiger partial charge in [-0.25, -0.2) is 0 Å². The summed E-state index contributed by atoms with van der Waals surface area (Å²) >= 11 is 0. The van der Waals surface area contributed by atoms with E-state index >= 15 is 0 Å². The SMILES string of the molecule is CCCCCC(=O)CN1C(=O)C(c2ccccc2)=NC12CCCCC2. The van der Waals surface area contributed by atoms with Crippen LogP contribution in [0.5, 0.6) is 0 Å². The van der Waals surface area contributed by atoms with Gasteiger partial charge in [0, 0.05) is 12.0 Å². The predicted octanol–water partition coefficient (Wildman–Crippen LogP) is 4.13. The van der Waals surface area contributed by atoms with Gasteiger partial charge in [-0.2, -0.15) is 0 Å². The van der Waals surface area contributed by atoms with Crippen LogP contribution in [0.25, 0.3) is 0 Å². The lowest BCUT2D eigenvalue weighted by Crippen LogP contribution is -2.50. The van der Waals surface area contributed by atoms with Gasteiger partial charge in [-0.15, -0.1) is 0 Å². The summed E-state index contributed by atoms with van der Waals surface area (Å²) in [6.45, 7) is 2.34. The fraction of sp³-hybridized carbons (Fsp3) is 0.571. The van der Waals surface area contributed by atoms with Crippen LogP contribution in [0.4, 0.5) is 0 Å². The number of hydrogen-bond acceptors (Lipinski definition) is 3. The predicted molar refractivity (Wildman–Crippen MR) is 99.7 cm³/mol. The van der Waals surface area contributed by atoms with Gasteiger partial charge in [0.25, 0.3) is 5.91 Å². The number of hydrogen-bond donors (Lipinski definition) is 0. The first-order chi connectivity index (χ1) is 12.2. The number of Topliss-reactive ketones (excluding diaryl/α,β-unsaturated/α-hetero) is 1. The van der Waals surface area contributed by atoms with Gasteiger partial charge in [0.2, 0.25) is 0 Å². The third kappa shape index (κ3) is 3.83. The van der Waals surface area contributed by atoms with Crippen LogP contribution in [0.3, 0.4) is 0 Å². The maximum atomic E-state index is 13.1. The molecule has 3 rings (SSSR count). The van der Waals surface area contributed by atoms with Crippen molar-refractivity contribution in [3.8, 4) is 0 Å². The number of benzene rings is 1. The molecule has 134 valence electrons. The van der Waals surface area contributed by atoms with Gasteiger partial charge in [0.05, 0.1) is 6.54 Å². The molecule has 1 aliphatic carbocycles. The third-order valence-electron chi connectivity index (χ3n) is 5.37. The van der Waals surface area contributed by atoms with Crippen LogP contribution in [-0.4, -0.2) is 34.5 Å². The van der Waals surface area contributed by atoms with E-state index in [1.165, 1.54) is 6.42 Å². The fourth-order valence-electron chi connectivity index (χ4n) is 3.96. The molecule has 0 unspecified atom stereocenters. The molecule has 1 saturated carbocycles. The number of amides is 1. The summed E-state index contributed by atoms with van der Waals surface area (Å²) in [5.74, 6) is 0.0909. The Bertz CT molecular complexity index is 645. The molecule has 25 heavy (non-hydrogen) atoms. The van der Waals surface area contributed by atoms with E-state index in [4.69, 9.17) is 4.99 Å². The quantitative estimate of drug-likeness (QED) is 0.701. The van der Waals surface area contributed by atoms with E-state index in [1.54, 1.807) is 4.90 Å². The second-order valence-electron chi connectivity index (χ2n) is 7.26. The van der Waals surface area contributed by atoms with Crippen LogP contribution in [-0.2, 0) is 9.59 Å². The molecule has 0 bridgehead atoms. The molecule has 1 heterocycles. The molecule has 1 aromatic carbocycles. The van der Waals surface area contributed by atoms with Crippen molar-refractivity contribution in [3.63, 3.8) is 0 Å². The zero-order valence-corrected chi connectivity index (χ0v) is 15.2. The van der Waals surface area contributed by atoms with Crippen molar-refractivity contribution in [2.45, 2.75) is 70.4 Å². The number of carbonyl (C=O) groups excluding carboxylic acids is 2. The molecule has 1 spiro atoms. The normalized spacial score (nSPS) is 19.3. The first kappa shape index (κ1) is 17.8. The molecule has 0 N–H and O–H groups in total. The minimum absolute atomic E-state index is 0.0723. The zero-order chi connectivity index (χ0) is 17.7. The Labute approximate surface area is 150 Å². The summed E-state index contributed by atoms with van der Waals surface area (Å²) in [6, 6.07) is 9.66. The lowest BCUT2D eigenvalue weighted by Gasteiger charge is -2.38. The van der Waals surface area contributed by atoms with Crippen molar-refractivity contribution < 1.29 is 9.59 Å². The molecule has 2 aliphatic rings. The molecule has 4 nitrogen and oxygen atoms in total. The summed E-state index contributed by atoms with van der Waals surface area (Å²) in [5.41, 5.74) is 0.906. The number of aliphatic imine (C=N–C) groups is 1. The number of unbranched alkanes of at least 4 members (excludes halogenated alkanes) is 2. The van der Waals surface area contributed by atoms with Crippen LogP contribution >= 0.6 is 0 Å². The Balaban J connectivity index is 1.81. The molecule has 0 radical (unpaired) electrons. The molecule has 0 atom stereocenters. The summed E-state index contributed by atoms with van der Waals surface area (Å²) in [4.78, 5) is 32.2. The van der Waals surface area contributed by atoms with Gasteiger partial charge >= 0.3 is 0 Å². The number of ketones is 1. The number of rotatable bonds is 7. The molecular formula is C21H28N2O2. The van der Waals surface area contributed by atoms with Crippen molar-refractivity contribution in [1.29, 1.82) is 0 Å². The highest BCUT2D eigenvalue weighted by molar-refractivity contribution is 6.47. The molecular weight excluding hydrogens is 312 g/mol. The van der Waals surface area contributed by atoms with Crippen LogP contribution in [0.1, 0.15) is 70.3 Å². The summed E-state index contributed by atoms with van der Waals surface area (Å²) in [6.07, 6.45) is 8.71. The molecule has 1 aliphatic heterocycles. The van der Waals surface area contributed by atoms with E-state index < -0.39 is 5.66 Å². The second-order valence-corrected chi connectivity index (χ2v) is 7.26. The maximum Gasteiger partial charge on any atom is 0.275 e. The topological polar surface area (TPSA) is 49.7 Å². The van der Waals surface area contributed by atoms with E-state index in [2.05, 4.69) is 6.92 Å². The second kappa shape index (κ2) is 7.94. The number of nitrogens with zero attached hydrogens (tertiary/aromatic N) is 2. The van der Waals surface area contributed by atoms with Crippen LogP contribution in [0.2, 0.25) is 0 Å². The first-order valence-corrected chi connectivity index (χ1v) is 9.65. The Morgan fingerprint density at radius 2 is 1.84 bits per heavy atom. The average molecular weight is 340 g/mol. The fourth-order valence-corrected chi connectivity index (χ4v) is 3.96. The smallest absolute Gasteiger partial charge is 0.275 e. The molecule has 1 amide bonds. The highest BCUT2D eigenvalue weighted by Crippen LogP contribution is 2.39. The van der Waals surface area contributed by atoms with Crippen molar-refractivity contribution in [2.24, 2.45) is 4.99 Å². The van der Waals surface area contributed by atoms with Gasteiger partial charge in [-0.1, -0.05) is 56.5 Å². The Hall–Kier alpha value is -1.97. The first-order valence-electron chi connectivity index (χ1n) is 9.65. The lowest BCUT2D eigenvalue weighted by atomic mass is 9.88. The van der Waals surface area contributed by atoms with Crippen molar-refractivity contribution >= 4 is 17.4 Å². The number of carbonyl (C=O) groups is 2. The van der Waals surface area contributed by atoms with Crippen molar-refractivity contribution in [3.05, 3.63) is 35.9 Å². The molecule has 0 aromatic heterocycles. The zero-order valence-electron chi connectivity index (χ0n) is 15.2. The summed E-state index contributed by atoms with van der Waals surface area (Å²) in [5, 5.41) is 0. The van der Waals surface area contributed by atoms with E-state index in [-0.39, 0.29) is 18.2 Å². The Kier molecular flexibility index (Phi) is 5.67. The monoisotopic (exact) mass is 340 g/mol. The largest absolute Gasteiger partial charge is 0.305 e. The molecule has 1 aromatic rings. The van der Waals surface area contributed by atoms with E-state index in [9.17, 15) is 9.59 Å². The molecule has 0 saturated heterocycles. The standard InChI is InChI=1S/C21H28N2O2/c1-2-3-6-13-18(24)16-23-20(25)19(17-11-7-4-8-12-17)22-21(23)14-9-5-10-15-21/h4,7-8,11-12H,2-3,5-6,9-10,13-16H2,1H3. The van der Waals surface area contributed by atoms with Crippen molar-refractivity contribution in [2.75, 3.05) is 6.54 Å². The Morgan fingerprint density at radius 3 is 2.52 bits per heavy atom. The van der Waals surface area contributed by atoms with Gasteiger partial charge in [0.1, 0.15) is 11.4 Å². The highest BCUT2D eigenvalue weighted by atomic mass is 16.2. The molecule has 4 heteroatoms. The lowest BCUT2D eigenvalue weighted by molar-refractivity contribution is -0.135. The summed E-state index contributed by atoms with van der Waals surface area (Å²) < 4.78 is 0. The van der Waals surface area contributed by atoms with Gasteiger partial charge in [0.15, 0.2) is 5.78 Å². The van der Waals surface area contributed by atoms with Crippen LogP contribution in [0, 0.1) is 0 Å². The third-order valence-corrected chi connectivity index (χ3v) is 5.37. The highest BCUT2D eigenvalue weighted by Gasteiger charge is 2.47. The summed E-state index contributed by atoms with van der Waals surface area (Å²) in [7, 11) is 0. The minimum Gasteiger partial charge on any atom is -0.305 e. The van der Waals surface area contributed by atoms with Gasteiger partial charge in [-0.3, -0.25) is 14.6 Å². The Morgan fingerprint density at radius 1 is 1.12 bits per heavy atom. The van der Waals surface area contributed by atoms with Crippen LogP contribution < -0.4 is 0 Å². The van der Waals surface area contributed by atoms with E-state index in [0.717, 1.165) is 50.5 Å². The maximum absolute atomic E-state index is 13.1. The van der Waals surface area contributed by atoms with E-state index in [1.807, 2.05) is 30.3 Å². The van der Waals surface area contributed by atoms with Gasteiger partial charge < -0.3 is 4.90 Å². The average Bonchev–Trinajstić information content (AvgIpc) is 2.89. The van der Waals surface area contributed by atoms with Gasteiger partial charge in [-0.05, 0) is 32.1 Å². The molecule has 1 fully saturated rings. The van der Waals surface area contributed by atoms with E-state index in [0.29, 0.717) is 12.1 Å². The minimum atomic E-state index is -0.485.